The van der Waals surface area contributed by atoms with E-state index in [-0.39, 0.29) is 0 Å². The first-order valence-electron chi connectivity index (χ1n) is 7.07. The topological polar surface area (TPSA) is 42.4 Å². The molecular formula is C15H26N2O. The smallest absolute Gasteiger partial charge is 0.105 e. The van der Waals surface area contributed by atoms with Crippen molar-refractivity contribution in [1.29, 1.82) is 0 Å². The van der Waals surface area contributed by atoms with Gasteiger partial charge in [0, 0.05) is 24.2 Å². The van der Waals surface area contributed by atoms with Crippen LogP contribution in [0.15, 0.2) is 10.5 Å². The molecule has 0 saturated carbocycles. The normalized spacial score (nSPS) is 27.4. The van der Waals surface area contributed by atoms with E-state index < -0.39 is 0 Å². The molecule has 0 aromatic carbocycles. The van der Waals surface area contributed by atoms with Crippen molar-refractivity contribution in [3.63, 3.8) is 0 Å². The Morgan fingerprint density at radius 1 is 1.50 bits per heavy atom. The lowest BCUT2D eigenvalue weighted by atomic mass is 9.88. The third-order valence-corrected chi connectivity index (χ3v) is 4.43. The Balaban J connectivity index is 2.21. The van der Waals surface area contributed by atoms with Gasteiger partial charge in [-0.1, -0.05) is 6.92 Å². The molecule has 3 nitrogen and oxygen atoms in total. The van der Waals surface area contributed by atoms with Crippen molar-refractivity contribution in [2.45, 2.75) is 52.6 Å². The molecule has 2 rings (SSSR count). The van der Waals surface area contributed by atoms with Crippen molar-refractivity contribution in [3.05, 3.63) is 23.2 Å². The van der Waals surface area contributed by atoms with E-state index in [2.05, 4.69) is 31.7 Å². The zero-order valence-corrected chi connectivity index (χ0v) is 12.1. The van der Waals surface area contributed by atoms with E-state index in [0.717, 1.165) is 24.6 Å². The second-order valence-electron chi connectivity index (χ2n) is 5.70. The molecule has 102 valence electrons. The fourth-order valence-electron chi connectivity index (χ4n) is 3.37. The Hall–Kier alpha value is -0.800. The summed E-state index contributed by atoms with van der Waals surface area (Å²) in [4.78, 5) is 2.56. The average Bonchev–Trinajstić information content (AvgIpc) is 2.67. The van der Waals surface area contributed by atoms with Crippen LogP contribution < -0.4 is 5.73 Å². The van der Waals surface area contributed by atoms with Crippen LogP contribution in [0.5, 0.6) is 0 Å². The number of rotatable bonds is 3. The van der Waals surface area contributed by atoms with Gasteiger partial charge < -0.3 is 10.2 Å². The summed E-state index contributed by atoms with van der Waals surface area (Å²) in [5.74, 6) is 2.75. The van der Waals surface area contributed by atoms with E-state index in [1.165, 1.54) is 18.4 Å². The number of aryl methyl sites for hydroxylation is 2. The SMILES string of the molecule is Cc1cc(C(C)N2CCCC(C)C2CN)c(C)o1. The van der Waals surface area contributed by atoms with E-state index in [0.29, 0.717) is 18.0 Å². The Morgan fingerprint density at radius 3 is 2.78 bits per heavy atom. The highest BCUT2D eigenvalue weighted by atomic mass is 16.3. The Bertz CT molecular complexity index is 399. The average molecular weight is 250 g/mol. The number of furan rings is 1. The Morgan fingerprint density at radius 2 is 2.22 bits per heavy atom. The highest BCUT2D eigenvalue weighted by Gasteiger charge is 2.32. The zero-order valence-electron chi connectivity index (χ0n) is 12.1. The molecule has 2 heterocycles. The molecule has 0 aliphatic carbocycles. The number of nitrogens with zero attached hydrogens (tertiary/aromatic N) is 1. The van der Waals surface area contributed by atoms with Gasteiger partial charge in [-0.2, -0.15) is 0 Å². The van der Waals surface area contributed by atoms with E-state index in [1.807, 2.05) is 6.92 Å². The molecule has 1 fully saturated rings. The van der Waals surface area contributed by atoms with Gasteiger partial charge in [-0.15, -0.1) is 0 Å². The maximum atomic E-state index is 5.98. The maximum Gasteiger partial charge on any atom is 0.105 e. The zero-order chi connectivity index (χ0) is 13.3. The minimum atomic E-state index is 0.402. The van der Waals surface area contributed by atoms with Gasteiger partial charge in [-0.05, 0) is 52.1 Å². The molecule has 0 amide bonds. The molecule has 0 radical (unpaired) electrons. The second-order valence-corrected chi connectivity index (χ2v) is 5.70. The summed E-state index contributed by atoms with van der Waals surface area (Å²) >= 11 is 0. The maximum absolute atomic E-state index is 5.98. The molecule has 1 aromatic heterocycles. The quantitative estimate of drug-likeness (QED) is 0.896. The van der Waals surface area contributed by atoms with Crippen LogP contribution in [-0.2, 0) is 0 Å². The van der Waals surface area contributed by atoms with Crippen molar-refractivity contribution in [2.75, 3.05) is 13.1 Å². The third kappa shape index (κ3) is 2.47. The molecule has 1 aliphatic heterocycles. The summed E-state index contributed by atoms with van der Waals surface area (Å²) in [6.45, 7) is 10.6. The van der Waals surface area contributed by atoms with E-state index >= 15 is 0 Å². The number of nitrogens with two attached hydrogens (primary N) is 1. The van der Waals surface area contributed by atoms with Crippen LogP contribution >= 0.6 is 0 Å². The van der Waals surface area contributed by atoms with Crippen molar-refractivity contribution in [3.8, 4) is 0 Å². The standard InChI is InChI=1S/C15H26N2O/c1-10-6-5-7-17(15(10)9-16)12(3)14-8-11(2)18-13(14)4/h8,10,12,15H,5-7,9,16H2,1-4H3. The van der Waals surface area contributed by atoms with Gasteiger partial charge in [-0.3, -0.25) is 4.90 Å². The van der Waals surface area contributed by atoms with Gasteiger partial charge in [-0.25, -0.2) is 0 Å². The van der Waals surface area contributed by atoms with Crippen LogP contribution in [0, 0.1) is 19.8 Å². The minimum Gasteiger partial charge on any atom is -0.466 e. The molecular weight excluding hydrogens is 224 g/mol. The molecule has 2 N–H and O–H groups in total. The first-order chi connectivity index (χ1) is 8.54. The predicted octanol–water partition coefficient (Wildman–Crippen LogP) is 3.02. The predicted molar refractivity (Wildman–Crippen MR) is 74.5 cm³/mol. The minimum absolute atomic E-state index is 0.402. The Labute approximate surface area is 110 Å². The number of piperidine rings is 1. The van der Waals surface area contributed by atoms with E-state index in [9.17, 15) is 0 Å². The summed E-state index contributed by atoms with van der Waals surface area (Å²) < 4.78 is 5.66. The van der Waals surface area contributed by atoms with Gasteiger partial charge in [0.2, 0.25) is 0 Å². The van der Waals surface area contributed by atoms with Gasteiger partial charge in [0.1, 0.15) is 11.5 Å². The molecule has 3 atom stereocenters. The highest BCUT2D eigenvalue weighted by Crippen LogP contribution is 2.33. The molecule has 1 aromatic rings. The molecule has 1 aliphatic rings. The largest absolute Gasteiger partial charge is 0.466 e. The van der Waals surface area contributed by atoms with Crippen LogP contribution in [-0.4, -0.2) is 24.0 Å². The van der Waals surface area contributed by atoms with Gasteiger partial charge >= 0.3 is 0 Å². The summed E-state index contributed by atoms with van der Waals surface area (Å²) in [6.07, 6.45) is 2.58. The first-order valence-corrected chi connectivity index (χ1v) is 7.07. The van der Waals surface area contributed by atoms with Gasteiger partial charge in [0.25, 0.3) is 0 Å². The fourth-order valence-corrected chi connectivity index (χ4v) is 3.37. The fraction of sp³-hybridized carbons (Fsp3) is 0.733. The summed E-state index contributed by atoms with van der Waals surface area (Å²) in [5, 5.41) is 0. The Kier molecular flexibility index (Phi) is 4.13. The van der Waals surface area contributed by atoms with Crippen LogP contribution in [0.25, 0.3) is 0 Å². The van der Waals surface area contributed by atoms with E-state index in [4.69, 9.17) is 10.2 Å². The molecule has 3 heteroatoms. The van der Waals surface area contributed by atoms with Crippen LogP contribution in [0.1, 0.15) is 49.8 Å². The van der Waals surface area contributed by atoms with Crippen molar-refractivity contribution in [1.82, 2.24) is 4.90 Å². The molecule has 18 heavy (non-hydrogen) atoms. The van der Waals surface area contributed by atoms with E-state index in [1.54, 1.807) is 0 Å². The third-order valence-electron chi connectivity index (χ3n) is 4.43. The molecule has 0 bridgehead atoms. The molecule has 0 spiro atoms. The lowest BCUT2D eigenvalue weighted by molar-refractivity contribution is 0.0684. The van der Waals surface area contributed by atoms with Gasteiger partial charge in [0.05, 0.1) is 0 Å². The number of likely N-dealkylation sites (tertiary alicyclic amines) is 1. The summed E-state index contributed by atoms with van der Waals surface area (Å²) in [6, 6.07) is 3.08. The van der Waals surface area contributed by atoms with Gasteiger partial charge in [0.15, 0.2) is 0 Å². The van der Waals surface area contributed by atoms with Crippen molar-refractivity contribution < 1.29 is 4.42 Å². The second kappa shape index (κ2) is 5.45. The highest BCUT2D eigenvalue weighted by molar-refractivity contribution is 5.24. The summed E-state index contributed by atoms with van der Waals surface area (Å²) in [7, 11) is 0. The van der Waals surface area contributed by atoms with Crippen molar-refractivity contribution in [2.24, 2.45) is 11.7 Å². The number of hydrogen-bond donors (Lipinski definition) is 1. The first kappa shape index (κ1) is 13.6. The monoisotopic (exact) mass is 250 g/mol. The van der Waals surface area contributed by atoms with Crippen molar-refractivity contribution >= 4 is 0 Å². The summed E-state index contributed by atoms with van der Waals surface area (Å²) in [5.41, 5.74) is 7.30. The lowest BCUT2D eigenvalue weighted by Gasteiger charge is -2.43. The van der Waals surface area contributed by atoms with Crippen LogP contribution in [0.3, 0.4) is 0 Å². The van der Waals surface area contributed by atoms with Crippen LogP contribution in [0.2, 0.25) is 0 Å². The van der Waals surface area contributed by atoms with Crippen LogP contribution in [0.4, 0.5) is 0 Å². The number of hydrogen-bond acceptors (Lipinski definition) is 3. The lowest BCUT2D eigenvalue weighted by Crippen LogP contribution is -2.49. The molecule has 3 unspecified atom stereocenters. The molecule has 1 saturated heterocycles.